The molecular weight excluding hydrogens is 344 g/mol. The second kappa shape index (κ2) is 8.12. The second-order valence-corrected chi connectivity index (χ2v) is 6.72. The number of carbonyl (C=O) groups excluding carboxylic acids is 2. The van der Waals surface area contributed by atoms with Crippen LogP contribution in [0.3, 0.4) is 0 Å². The zero-order valence-electron chi connectivity index (χ0n) is 15.8. The lowest BCUT2D eigenvalue weighted by atomic mass is 10.1. The summed E-state index contributed by atoms with van der Waals surface area (Å²) in [6.07, 6.45) is 0.227. The second-order valence-electron chi connectivity index (χ2n) is 6.72. The van der Waals surface area contributed by atoms with Crippen LogP contribution in [0.4, 0.5) is 5.69 Å². The largest absolute Gasteiger partial charge is 0.493 e. The molecule has 0 radical (unpaired) electrons. The summed E-state index contributed by atoms with van der Waals surface area (Å²) in [6.45, 7) is 2.98. The lowest BCUT2D eigenvalue weighted by molar-refractivity contribution is -0.128. The van der Waals surface area contributed by atoms with E-state index in [0.29, 0.717) is 30.3 Å². The summed E-state index contributed by atoms with van der Waals surface area (Å²) >= 11 is 0. The first-order chi connectivity index (χ1) is 13.0. The van der Waals surface area contributed by atoms with Crippen LogP contribution in [0.15, 0.2) is 42.5 Å². The predicted octanol–water partition coefficient (Wildman–Crippen LogP) is 3.00. The fourth-order valence-corrected chi connectivity index (χ4v) is 3.17. The fourth-order valence-electron chi connectivity index (χ4n) is 3.17. The van der Waals surface area contributed by atoms with Gasteiger partial charge < -0.3 is 19.7 Å². The van der Waals surface area contributed by atoms with Crippen molar-refractivity contribution in [2.45, 2.75) is 19.9 Å². The smallest absolute Gasteiger partial charge is 0.229 e. The van der Waals surface area contributed by atoms with E-state index in [1.165, 1.54) is 5.56 Å². The third kappa shape index (κ3) is 4.39. The molecule has 0 spiro atoms. The summed E-state index contributed by atoms with van der Waals surface area (Å²) in [5.41, 5.74) is 2.86. The summed E-state index contributed by atoms with van der Waals surface area (Å²) in [5, 5.41) is 2.87. The Morgan fingerprint density at radius 2 is 1.81 bits per heavy atom. The average molecular weight is 368 g/mol. The highest BCUT2D eigenvalue weighted by Gasteiger charge is 2.34. The number of rotatable bonds is 6. The van der Waals surface area contributed by atoms with Crippen molar-refractivity contribution in [1.29, 1.82) is 0 Å². The molecule has 142 valence electrons. The fraction of sp³-hybridized carbons (Fsp3) is 0.333. The van der Waals surface area contributed by atoms with Gasteiger partial charge >= 0.3 is 0 Å². The SMILES string of the molecule is COc1ccc(NC(=O)[C@@H]2CC(=O)N(Cc3ccc(C)cc3)C2)cc1OC. The van der Waals surface area contributed by atoms with Gasteiger partial charge in [0.05, 0.1) is 20.1 Å². The average Bonchev–Trinajstić information content (AvgIpc) is 3.04. The quantitative estimate of drug-likeness (QED) is 0.851. The topological polar surface area (TPSA) is 67.9 Å². The molecular formula is C21H24N2O4. The van der Waals surface area contributed by atoms with Crippen LogP contribution in [-0.4, -0.2) is 37.5 Å². The van der Waals surface area contributed by atoms with Crippen LogP contribution in [0, 0.1) is 12.8 Å². The Bertz CT molecular complexity index is 833. The van der Waals surface area contributed by atoms with E-state index in [0.717, 1.165) is 5.56 Å². The van der Waals surface area contributed by atoms with E-state index in [2.05, 4.69) is 5.32 Å². The third-order valence-corrected chi connectivity index (χ3v) is 4.73. The van der Waals surface area contributed by atoms with Gasteiger partial charge in [-0.3, -0.25) is 9.59 Å². The van der Waals surface area contributed by atoms with Crippen molar-refractivity contribution in [2.24, 2.45) is 5.92 Å². The van der Waals surface area contributed by atoms with Crippen molar-refractivity contribution in [2.75, 3.05) is 26.1 Å². The number of nitrogens with zero attached hydrogens (tertiary/aromatic N) is 1. The number of nitrogens with one attached hydrogen (secondary N) is 1. The molecule has 0 aliphatic carbocycles. The van der Waals surface area contributed by atoms with E-state index < -0.39 is 0 Å². The van der Waals surface area contributed by atoms with Crippen molar-refractivity contribution >= 4 is 17.5 Å². The van der Waals surface area contributed by atoms with Gasteiger partial charge in [0, 0.05) is 31.3 Å². The number of benzene rings is 2. The monoisotopic (exact) mass is 368 g/mol. The molecule has 1 saturated heterocycles. The number of anilines is 1. The molecule has 27 heavy (non-hydrogen) atoms. The van der Waals surface area contributed by atoms with E-state index in [4.69, 9.17) is 9.47 Å². The van der Waals surface area contributed by atoms with Crippen LogP contribution in [0.5, 0.6) is 11.5 Å². The molecule has 3 rings (SSSR count). The van der Waals surface area contributed by atoms with Gasteiger partial charge in [0.25, 0.3) is 0 Å². The predicted molar refractivity (Wildman–Crippen MR) is 103 cm³/mol. The molecule has 2 aromatic carbocycles. The molecule has 0 saturated carbocycles. The molecule has 2 aromatic rings. The van der Waals surface area contributed by atoms with Gasteiger partial charge in [0.2, 0.25) is 11.8 Å². The highest BCUT2D eigenvalue weighted by Crippen LogP contribution is 2.30. The molecule has 1 heterocycles. The van der Waals surface area contributed by atoms with Crippen LogP contribution >= 0.6 is 0 Å². The molecule has 0 unspecified atom stereocenters. The number of hydrogen-bond acceptors (Lipinski definition) is 4. The molecule has 1 aliphatic rings. The van der Waals surface area contributed by atoms with Crippen molar-refractivity contribution in [1.82, 2.24) is 4.90 Å². The zero-order chi connectivity index (χ0) is 19.4. The molecule has 1 aliphatic heterocycles. The Hall–Kier alpha value is -3.02. The summed E-state index contributed by atoms with van der Waals surface area (Å²) in [5.74, 6) is 0.607. The molecule has 1 atom stereocenters. The number of methoxy groups -OCH3 is 2. The minimum atomic E-state index is -0.365. The minimum absolute atomic E-state index is 0.00281. The Balaban J connectivity index is 1.62. The number of likely N-dealkylation sites (tertiary alicyclic amines) is 1. The van der Waals surface area contributed by atoms with Gasteiger partial charge in [-0.05, 0) is 24.6 Å². The molecule has 2 amide bonds. The van der Waals surface area contributed by atoms with Crippen molar-refractivity contribution in [3.05, 3.63) is 53.6 Å². The summed E-state index contributed by atoms with van der Waals surface area (Å²) in [6, 6.07) is 13.3. The first-order valence-corrected chi connectivity index (χ1v) is 8.86. The molecule has 6 nitrogen and oxygen atoms in total. The minimum Gasteiger partial charge on any atom is -0.493 e. The van der Waals surface area contributed by atoms with E-state index >= 15 is 0 Å². The molecule has 1 N–H and O–H groups in total. The lowest BCUT2D eigenvalue weighted by Crippen LogP contribution is -2.28. The Morgan fingerprint density at radius 1 is 1.11 bits per heavy atom. The van der Waals surface area contributed by atoms with Gasteiger partial charge in [-0.1, -0.05) is 29.8 Å². The van der Waals surface area contributed by atoms with Gasteiger partial charge in [0.1, 0.15) is 0 Å². The van der Waals surface area contributed by atoms with Gasteiger partial charge in [-0.25, -0.2) is 0 Å². The summed E-state index contributed by atoms with van der Waals surface area (Å²) < 4.78 is 10.5. The van der Waals surface area contributed by atoms with E-state index in [-0.39, 0.29) is 24.2 Å². The maximum Gasteiger partial charge on any atom is 0.229 e. The standard InChI is InChI=1S/C21H24N2O4/c1-14-4-6-15(7-5-14)12-23-13-16(10-20(23)24)21(25)22-17-8-9-18(26-2)19(11-17)27-3/h4-9,11,16H,10,12-13H2,1-3H3,(H,22,25)/t16-/m1/s1. The van der Waals surface area contributed by atoms with E-state index in [9.17, 15) is 9.59 Å². The Morgan fingerprint density at radius 3 is 2.48 bits per heavy atom. The number of aryl methyl sites for hydroxylation is 1. The highest BCUT2D eigenvalue weighted by atomic mass is 16.5. The third-order valence-electron chi connectivity index (χ3n) is 4.73. The van der Waals surface area contributed by atoms with Crippen molar-refractivity contribution < 1.29 is 19.1 Å². The Kier molecular flexibility index (Phi) is 5.64. The summed E-state index contributed by atoms with van der Waals surface area (Å²) in [4.78, 5) is 26.6. The highest BCUT2D eigenvalue weighted by molar-refractivity contribution is 5.97. The maximum absolute atomic E-state index is 12.6. The zero-order valence-corrected chi connectivity index (χ0v) is 15.8. The molecule has 0 bridgehead atoms. The molecule has 6 heteroatoms. The molecule has 0 aromatic heterocycles. The lowest BCUT2D eigenvalue weighted by Gasteiger charge is -2.17. The Labute approximate surface area is 159 Å². The van der Waals surface area contributed by atoms with Gasteiger partial charge in [-0.15, -0.1) is 0 Å². The van der Waals surface area contributed by atoms with Crippen LogP contribution in [-0.2, 0) is 16.1 Å². The van der Waals surface area contributed by atoms with Crippen molar-refractivity contribution in [3.8, 4) is 11.5 Å². The normalized spacial score (nSPS) is 16.3. The van der Waals surface area contributed by atoms with E-state index in [1.807, 2.05) is 31.2 Å². The molecule has 1 fully saturated rings. The first kappa shape index (κ1) is 18.8. The maximum atomic E-state index is 12.6. The van der Waals surface area contributed by atoms with Gasteiger partial charge in [0.15, 0.2) is 11.5 Å². The van der Waals surface area contributed by atoms with Gasteiger partial charge in [-0.2, -0.15) is 0 Å². The number of hydrogen-bond donors (Lipinski definition) is 1. The van der Waals surface area contributed by atoms with Crippen LogP contribution in [0.1, 0.15) is 17.5 Å². The van der Waals surface area contributed by atoms with E-state index in [1.54, 1.807) is 37.3 Å². The number of carbonyl (C=O) groups is 2. The van der Waals surface area contributed by atoms with Crippen molar-refractivity contribution in [3.63, 3.8) is 0 Å². The van der Waals surface area contributed by atoms with Crippen LogP contribution in [0.25, 0.3) is 0 Å². The van der Waals surface area contributed by atoms with Crippen LogP contribution < -0.4 is 14.8 Å². The summed E-state index contributed by atoms with van der Waals surface area (Å²) in [7, 11) is 3.10. The van der Waals surface area contributed by atoms with Crippen LogP contribution in [0.2, 0.25) is 0 Å². The number of amides is 2. The number of ether oxygens (including phenoxy) is 2. The first-order valence-electron chi connectivity index (χ1n) is 8.86.